The predicted octanol–water partition coefficient (Wildman–Crippen LogP) is 1.41. The lowest BCUT2D eigenvalue weighted by Crippen LogP contribution is -2.37. The predicted molar refractivity (Wildman–Crippen MR) is 47.8 cm³/mol. The van der Waals surface area contributed by atoms with E-state index in [-0.39, 0.29) is 5.60 Å². The fraction of sp³-hybridized carbons (Fsp3) is 0.889. The van der Waals surface area contributed by atoms with Gasteiger partial charge < -0.3 is 5.73 Å². The second-order valence-electron chi connectivity index (χ2n) is 4.03. The molecule has 0 aromatic heterocycles. The second-order valence-corrected chi connectivity index (χ2v) is 4.03. The minimum absolute atomic E-state index is 0.0483. The normalized spacial score (nSPS) is 26.6. The minimum Gasteiger partial charge on any atom is -0.350 e. The number of hydrogen-bond acceptors (Lipinski definition) is 2. The van der Waals surface area contributed by atoms with E-state index >= 15 is 0 Å². The number of carbonyl (C=O) groups is 1. The Balaban J connectivity index is 1.98. The third-order valence-corrected chi connectivity index (χ3v) is 3.08. The van der Waals surface area contributed by atoms with E-state index < -0.39 is 6.03 Å². The van der Waals surface area contributed by atoms with Crippen molar-refractivity contribution < 1.29 is 9.63 Å². The van der Waals surface area contributed by atoms with Crippen LogP contribution in [0.25, 0.3) is 0 Å². The van der Waals surface area contributed by atoms with Crippen molar-refractivity contribution in [3.8, 4) is 0 Å². The highest BCUT2D eigenvalue weighted by Gasteiger charge is 2.41. The number of amides is 2. The molecule has 4 nitrogen and oxygen atoms in total. The van der Waals surface area contributed by atoms with Crippen LogP contribution >= 0.6 is 0 Å². The van der Waals surface area contributed by atoms with E-state index in [9.17, 15) is 4.79 Å². The summed E-state index contributed by atoms with van der Waals surface area (Å²) in [4.78, 5) is 16.5. The average Bonchev–Trinajstić information content (AvgIpc) is 2.51. The standard InChI is InChI=1S/C9H16N2O2/c10-8(12)11-7-6-9(13-11)4-2-1-3-5-9/h1-7H2,(H2,10,12). The van der Waals surface area contributed by atoms with Gasteiger partial charge in [-0.3, -0.25) is 4.84 Å². The third kappa shape index (κ3) is 1.63. The molecular weight excluding hydrogens is 168 g/mol. The maximum Gasteiger partial charge on any atom is 0.338 e. The molecule has 0 aromatic rings. The number of nitrogens with zero attached hydrogens (tertiary/aromatic N) is 1. The molecule has 0 atom stereocenters. The van der Waals surface area contributed by atoms with E-state index in [4.69, 9.17) is 10.6 Å². The first-order valence-corrected chi connectivity index (χ1v) is 4.98. The number of rotatable bonds is 0. The number of carbonyl (C=O) groups excluding carboxylic acids is 1. The van der Waals surface area contributed by atoms with Gasteiger partial charge in [-0.15, -0.1) is 0 Å². The Hall–Kier alpha value is -0.770. The van der Waals surface area contributed by atoms with Crippen molar-refractivity contribution >= 4 is 6.03 Å². The summed E-state index contributed by atoms with van der Waals surface area (Å²) in [7, 11) is 0. The van der Waals surface area contributed by atoms with Crippen LogP contribution in [0, 0.1) is 0 Å². The summed E-state index contributed by atoms with van der Waals surface area (Å²) < 4.78 is 0. The van der Waals surface area contributed by atoms with Gasteiger partial charge in [-0.2, -0.15) is 0 Å². The lowest BCUT2D eigenvalue weighted by Gasteiger charge is -2.31. The Morgan fingerprint density at radius 1 is 1.23 bits per heavy atom. The van der Waals surface area contributed by atoms with E-state index in [0.717, 1.165) is 19.3 Å². The van der Waals surface area contributed by atoms with E-state index in [1.807, 2.05) is 0 Å². The monoisotopic (exact) mass is 184 g/mol. The Labute approximate surface area is 78.0 Å². The van der Waals surface area contributed by atoms with Gasteiger partial charge in [-0.25, -0.2) is 9.86 Å². The quantitative estimate of drug-likeness (QED) is 0.618. The first-order valence-electron chi connectivity index (χ1n) is 4.98. The van der Waals surface area contributed by atoms with Crippen molar-refractivity contribution in [3.63, 3.8) is 0 Å². The topological polar surface area (TPSA) is 55.6 Å². The summed E-state index contributed by atoms with van der Waals surface area (Å²) in [5.74, 6) is 0. The summed E-state index contributed by atoms with van der Waals surface area (Å²) in [6.07, 6.45) is 6.84. The maximum atomic E-state index is 10.9. The van der Waals surface area contributed by atoms with Gasteiger partial charge in [0.25, 0.3) is 0 Å². The molecule has 0 aromatic carbocycles. The van der Waals surface area contributed by atoms with Crippen molar-refractivity contribution in [2.24, 2.45) is 5.73 Å². The Morgan fingerprint density at radius 2 is 1.92 bits per heavy atom. The van der Waals surface area contributed by atoms with Gasteiger partial charge in [0.1, 0.15) is 0 Å². The van der Waals surface area contributed by atoms with Crippen molar-refractivity contribution in [1.82, 2.24) is 5.06 Å². The molecule has 2 amide bonds. The zero-order valence-electron chi connectivity index (χ0n) is 7.79. The molecule has 1 heterocycles. The van der Waals surface area contributed by atoms with Gasteiger partial charge in [0.2, 0.25) is 0 Å². The van der Waals surface area contributed by atoms with E-state index in [1.54, 1.807) is 0 Å². The molecule has 0 radical (unpaired) electrons. The third-order valence-electron chi connectivity index (χ3n) is 3.08. The smallest absolute Gasteiger partial charge is 0.338 e. The molecule has 1 spiro atoms. The number of nitrogens with two attached hydrogens (primary N) is 1. The van der Waals surface area contributed by atoms with Crippen molar-refractivity contribution in [1.29, 1.82) is 0 Å². The van der Waals surface area contributed by atoms with Crippen molar-refractivity contribution in [3.05, 3.63) is 0 Å². The molecule has 2 fully saturated rings. The molecular formula is C9H16N2O2. The van der Waals surface area contributed by atoms with Gasteiger partial charge in [-0.05, 0) is 19.3 Å². The largest absolute Gasteiger partial charge is 0.350 e. The van der Waals surface area contributed by atoms with Crippen LogP contribution in [0.2, 0.25) is 0 Å². The molecule has 2 N–H and O–H groups in total. The van der Waals surface area contributed by atoms with Crippen LogP contribution < -0.4 is 5.73 Å². The maximum absolute atomic E-state index is 10.9. The zero-order valence-corrected chi connectivity index (χ0v) is 7.79. The number of primary amides is 1. The number of hydroxylamine groups is 2. The zero-order chi connectivity index (χ0) is 9.31. The van der Waals surface area contributed by atoms with Gasteiger partial charge in [0.15, 0.2) is 0 Å². The molecule has 2 rings (SSSR count). The minimum atomic E-state index is -0.456. The highest BCUT2D eigenvalue weighted by molar-refractivity contribution is 5.71. The summed E-state index contributed by atoms with van der Waals surface area (Å²) in [5.41, 5.74) is 5.10. The van der Waals surface area contributed by atoms with Crippen molar-refractivity contribution in [2.75, 3.05) is 6.54 Å². The van der Waals surface area contributed by atoms with Crippen LogP contribution in [0.3, 0.4) is 0 Å². The molecule has 1 saturated heterocycles. The Kier molecular flexibility index (Phi) is 2.15. The van der Waals surface area contributed by atoms with Gasteiger partial charge in [0, 0.05) is 0 Å². The van der Waals surface area contributed by atoms with Crippen molar-refractivity contribution in [2.45, 2.75) is 44.1 Å². The van der Waals surface area contributed by atoms with Crippen LogP contribution in [0.15, 0.2) is 0 Å². The summed E-state index contributed by atoms with van der Waals surface area (Å²) in [6, 6.07) is -0.456. The molecule has 1 saturated carbocycles. The van der Waals surface area contributed by atoms with Crippen LogP contribution in [-0.2, 0) is 4.84 Å². The average molecular weight is 184 g/mol. The van der Waals surface area contributed by atoms with E-state index in [1.165, 1.54) is 24.3 Å². The highest BCUT2D eigenvalue weighted by atomic mass is 16.7. The van der Waals surface area contributed by atoms with Crippen LogP contribution in [-0.4, -0.2) is 23.2 Å². The first kappa shape index (κ1) is 8.81. The SMILES string of the molecule is NC(=O)N1CCC2(CCCCC2)O1. The van der Waals surface area contributed by atoms with Gasteiger partial charge >= 0.3 is 6.03 Å². The lowest BCUT2D eigenvalue weighted by atomic mass is 9.83. The van der Waals surface area contributed by atoms with Crippen LogP contribution in [0.1, 0.15) is 38.5 Å². The van der Waals surface area contributed by atoms with Gasteiger partial charge in [-0.1, -0.05) is 19.3 Å². The second kappa shape index (κ2) is 3.18. The molecule has 2 aliphatic rings. The molecule has 1 aliphatic heterocycles. The Bertz CT molecular complexity index is 212. The fourth-order valence-corrected chi connectivity index (χ4v) is 2.32. The highest BCUT2D eigenvalue weighted by Crippen LogP contribution is 2.38. The fourth-order valence-electron chi connectivity index (χ4n) is 2.32. The summed E-state index contributed by atoms with van der Waals surface area (Å²) in [6.45, 7) is 0.662. The number of hydrogen-bond donors (Lipinski definition) is 1. The molecule has 74 valence electrons. The van der Waals surface area contributed by atoms with Crippen LogP contribution in [0.4, 0.5) is 4.79 Å². The molecule has 1 aliphatic carbocycles. The van der Waals surface area contributed by atoms with Gasteiger partial charge in [0.05, 0.1) is 12.1 Å². The van der Waals surface area contributed by atoms with Crippen LogP contribution in [0.5, 0.6) is 0 Å². The molecule has 4 heteroatoms. The Morgan fingerprint density at radius 3 is 2.46 bits per heavy atom. The molecule has 0 unspecified atom stereocenters. The van der Waals surface area contributed by atoms with E-state index in [2.05, 4.69) is 0 Å². The molecule has 13 heavy (non-hydrogen) atoms. The van der Waals surface area contributed by atoms with E-state index in [0.29, 0.717) is 6.54 Å². The first-order chi connectivity index (χ1) is 6.22. The lowest BCUT2D eigenvalue weighted by molar-refractivity contribution is -0.170. The molecule has 0 bridgehead atoms. The summed E-state index contributed by atoms with van der Waals surface area (Å²) >= 11 is 0. The number of urea groups is 1. The summed E-state index contributed by atoms with van der Waals surface area (Å²) in [5, 5.41) is 1.31.